The molecular weight excluding hydrogens is 401 g/mol. The van der Waals surface area contributed by atoms with Crippen molar-refractivity contribution in [3.63, 3.8) is 0 Å². The smallest absolute Gasteiger partial charge is 0.262 e. The molecule has 0 saturated carbocycles. The quantitative estimate of drug-likeness (QED) is 0.759. The lowest BCUT2D eigenvalue weighted by Crippen LogP contribution is -2.33. The summed E-state index contributed by atoms with van der Waals surface area (Å²) in [4.78, 5) is 18.8. The fourth-order valence-electron chi connectivity index (χ4n) is 2.69. The number of carbonyl (C=O) groups excluding carboxylic acids is 1. The summed E-state index contributed by atoms with van der Waals surface area (Å²) in [5.74, 6) is -1.05. The monoisotopic (exact) mass is 421 g/mol. The molecule has 2 aromatic carbocycles. The SMILES string of the molecule is CC1CN(C(=O)c2ccccc2F)C(=Nc2cccc(S(=O)(=O)N(C)C)c2)S1. The third kappa shape index (κ3) is 4.11. The van der Waals surface area contributed by atoms with Crippen LogP contribution >= 0.6 is 11.8 Å². The summed E-state index contributed by atoms with van der Waals surface area (Å²) >= 11 is 1.39. The molecule has 28 heavy (non-hydrogen) atoms. The molecule has 1 fully saturated rings. The molecule has 0 spiro atoms. The van der Waals surface area contributed by atoms with Gasteiger partial charge >= 0.3 is 0 Å². The van der Waals surface area contributed by atoms with Gasteiger partial charge in [0.1, 0.15) is 5.82 Å². The van der Waals surface area contributed by atoms with Gasteiger partial charge in [-0.1, -0.05) is 36.9 Å². The largest absolute Gasteiger partial charge is 0.286 e. The molecule has 1 saturated heterocycles. The Balaban J connectivity index is 1.97. The van der Waals surface area contributed by atoms with Crippen LogP contribution in [-0.2, 0) is 10.0 Å². The molecule has 1 aliphatic rings. The second-order valence-corrected chi connectivity index (χ2v) is 10.1. The molecule has 0 bridgehead atoms. The number of amidine groups is 1. The molecule has 1 heterocycles. The number of nitrogens with zero attached hydrogens (tertiary/aromatic N) is 3. The fourth-order valence-corrected chi connectivity index (χ4v) is 4.66. The Labute approximate surface area is 168 Å². The average Bonchev–Trinajstić information content (AvgIpc) is 3.02. The summed E-state index contributed by atoms with van der Waals surface area (Å²) in [6, 6.07) is 12.0. The topological polar surface area (TPSA) is 70.0 Å². The first-order valence-electron chi connectivity index (χ1n) is 8.54. The van der Waals surface area contributed by atoms with Crippen molar-refractivity contribution in [3.05, 3.63) is 59.9 Å². The molecule has 0 radical (unpaired) electrons. The van der Waals surface area contributed by atoms with Crippen molar-refractivity contribution < 1.29 is 17.6 Å². The highest BCUT2D eigenvalue weighted by Crippen LogP contribution is 2.30. The van der Waals surface area contributed by atoms with Gasteiger partial charge in [0.05, 0.1) is 16.1 Å². The van der Waals surface area contributed by atoms with Gasteiger partial charge < -0.3 is 0 Å². The Morgan fingerprint density at radius 1 is 1.21 bits per heavy atom. The van der Waals surface area contributed by atoms with E-state index in [2.05, 4.69) is 4.99 Å². The Kier molecular flexibility index (Phi) is 5.87. The highest BCUT2D eigenvalue weighted by molar-refractivity contribution is 8.14. The standard InChI is InChI=1S/C19H20FN3O3S2/c1-13-12-23(18(24)16-9-4-5-10-17(16)20)19(27-13)21-14-7-6-8-15(11-14)28(25,26)22(2)3/h4-11,13H,12H2,1-3H3. The van der Waals surface area contributed by atoms with Crippen LogP contribution in [0.3, 0.4) is 0 Å². The van der Waals surface area contributed by atoms with E-state index in [0.717, 1.165) is 4.31 Å². The summed E-state index contributed by atoms with van der Waals surface area (Å²) in [5.41, 5.74) is 0.389. The van der Waals surface area contributed by atoms with Gasteiger partial charge in [-0.05, 0) is 30.3 Å². The number of hydrogen-bond acceptors (Lipinski definition) is 5. The highest BCUT2D eigenvalue weighted by Gasteiger charge is 2.32. The Bertz CT molecular complexity index is 1040. The van der Waals surface area contributed by atoms with Crippen LogP contribution in [-0.4, -0.2) is 54.6 Å². The van der Waals surface area contributed by atoms with E-state index in [1.807, 2.05) is 6.92 Å². The van der Waals surface area contributed by atoms with Crippen molar-refractivity contribution in [2.75, 3.05) is 20.6 Å². The maximum atomic E-state index is 14.0. The molecule has 1 atom stereocenters. The number of hydrogen-bond donors (Lipinski definition) is 0. The Morgan fingerprint density at radius 2 is 1.93 bits per heavy atom. The number of carbonyl (C=O) groups is 1. The van der Waals surface area contributed by atoms with Crippen LogP contribution in [0.2, 0.25) is 0 Å². The second kappa shape index (κ2) is 8.02. The first-order valence-corrected chi connectivity index (χ1v) is 10.9. The van der Waals surface area contributed by atoms with Crippen molar-refractivity contribution in [2.45, 2.75) is 17.1 Å². The van der Waals surface area contributed by atoms with Gasteiger partial charge in [0, 0.05) is 25.9 Å². The molecule has 3 rings (SSSR count). The van der Waals surface area contributed by atoms with E-state index in [1.165, 1.54) is 61.1 Å². The van der Waals surface area contributed by atoms with Crippen LogP contribution in [0.4, 0.5) is 10.1 Å². The van der Waals surface area contributed by atoms with E-state index in [9.17, 15) is 17.6 Å². The zero-order chi connectivity index (χ0) is 20.5. The number of aliphatic imine (C=N–C) groups is 1. The van der Waals surface area contributed by atoms with Crippen molar-refractivity contribution in [3.8, 4) is 0 Å². The molecule has 148 valence electrons. The zero-order valence-electron chi connectivity index (χ0n) is 15.7. The summed E-state index contributed by atoms with van der Waals surface area (Å²) < 4.78 is 39.8. The average molecular weight is 422 g/mol. The highest BCUT2D eigenvalue weighted by atomic mass is 32.2. The van der Waals surface area contributed by atoms with Gasteiger partial charge in [-0.2, -0.15) is 0 Å². The minimum atomic E-state index is -3.60. The van der Waals surface area contributed by atoms with Gasteiger partial charge in [0.2, 0.25) is 10.0 Å². The maximum absolute atomic E-state index is 14.0. The first-order chi connectivity index (χ1) is 13.2. The summed E-state index contributed by atoms with van der Waals surface area (Å²) in [5, 5.41) is 0.503. The van der Waals surface area contributed by atoms with Gasteiger partial charge in [-0.15, -0.1) is 0 Å². The van der Waals surface area contributed by atoms with Crippen molar-refractivity contribution in [1.82, 2.24) is 9.21 Å². The number of rotatable bonds is 4. The first kappa shape index (κ1) is 20.5. The van der Waals surface area contributed by atoms with E-state index in [1.54, 1.807) is 18.2 Å². The third-order valence-electron chi connectivity index (χ3n) is 4.15. The number of amides is 1. The number of halogens is 1. The third-order valence-corrected chi connectivity index (χ3v) is 7.03. The molecule has 0 aliphatic carbocycles. The molecule has 1 aliphatic heterocycles. The van der Waals surface area contributed by atoms with Gasteiger partial charge in [-0.3, -0.25) is 9.69 Å². The second-order valence-electron chi connectivity index (χ2n) is 6.50. The molecule has 0 aromatic heterocycles. The normalized spacial score (nSPS) is 18.8. The molecular formula is C19H20FN3O3S2. The van der Waals surface area contributed by atoms with E-state index in [4.69, 9.17) is 0 Å². The van der Waals surface area contributed by atoms with Crippen molar-refractivity contribution >= 4 is 38.5 Å². The predicted molar refractivity (Wildman–Crippen MR) is 109 cm³/mol. The number of benzene rings is 2. The van der Waals surface area contributed by atoms with Crippen LogP contribution in [0.25, 0.3) is 0 Å². The molecule has 2 aromatic rings. The van der Waals surface area contributed by atoms with E-state index in [-0.39, 0.29) is 15.7 Å². The maximum Gasteiger partial charge on any atom is 0.262 e. The lowest BCUT2D eigenvalue weighted by Gasteiger charge is -2.17. The predicted octanol–water partition coefficient (Wildman–Crippen LogP) is 3.34. The van der Waals surface area contributed by atoms with Crippen LogP contribution < -0.4 is 0 Å². The minimum Gasteiger partial charge on any atom is -0.286 e. The van der Waals surface area contributed by atoms with Crippen LogP contribution in [0.1, 0.15) is 17.3 Å². The lowest BCUT2D eigenvalue weighted by atomic mass is 10.2. The summed E-state index contributed by atoms with van der Waals surface area (Å²) in [6.45, 7) is 2.34. The Morgan fingerprint density at radius 3 is 2.61 bits per heavy atom. The number of thioether (sulfide) groups is 1. The van der Waals surface area contributed by atoms with E-state index < -0.39 is 21.7 Å². The van der Waals surface area contributed by atoms with Crippen LogP contribution in [0, 0.1) is 5.82 Å². The van der Waals surface area contributed by atoms with Gasteiger partial charge in [0.15, 0.2) is 5.17 Å². The zero-order valence-corrected chi connectivity index (χ0v) is 17.3. The van der Waals surface area contributed by atoms with Gasteiger partial charge in [0.25, 0.3) is 5.91 Å². The fraction of sp³-hybridized carbons (Fsp3) is 0.263. The molecule has 1 amide bonds. The Hall–Kier alpha value is -2.23. The molecule has 6 nitrogen and oxygen atoms in total. The van der Waals surface area contributed by atoms with Crippen molar-refractivity contribution in [1.29, 1.82) is 0 Å². The van der Waals surface area contributed by atoms with Crippen molar-refractivity contribution in [2.24, 2.45) is 4.99 Å². The van der Waals surface area contributed by atoms with Gasteiger partial charge in [-0.25, -0.2) is 22.1 Å². The summed E-state index contributed by atoms with van der Waals surface area (Å²) in [7, 11) is -0.684. The lowest BCUT2D eigenvalue weighted by molar-refractivity contribution is 0.0851. The molecule has 0 N–H and O–H groups in total. The minimum absolute atomic E-state index is 0.0196. The van der Waals surface area contributed by atoms with E-state index in [0.29, 0.717) is 17.4 Å². The summed E-state index contributed by atoms with van der Waals surface area (Å²) in [6.07, 6.45) is 0. The molecule has 1 unspecified atom stereocenters. The van der Waals surface area contributed by atoms with E-state index >= 15 is 0 Å². The molecule has 9 heteroatoms. The number of sulfonamides is 1. The van der Waals surface area contributed by atoms with Crippen LogP contribution in [0.5, 0.6) is 0 Å². The van der Waals surface area contributed by atoms with Crippen LogP contribution in [0.15, 0.2) is 58.4 Å².